The van der Waals surface area contributed by atoms with Crippen LogP contribution in [-0.2, 0) is 11.0 Å². The van der Waals surface area contributed by atoms with E-state index in [9.17, 15) is 23.1 Å². The zero-order valence-corrected chi connectivity index (χ0v) is 12.9. The van der Waals surface area contributed by atoms with Crippen molar-refractivity contribution in [1.82, 2.24) is 0 Å². The van der Waals surface area contributed by atoms with Gasteiger partial charge in [-0.1, -0.05) is 11.6 Å². The minimum Gasteiger partial charge on any atom is -0.512 e. The lowest BCUT2D eigenvalue weighted by Gasteiger charge is -2.19. The number of benzene rings is 1. The van der Waals surface area contributed by atoms with E-state index in [0.29, 0.717) is 30.6 Å². The summed E-state index contributed by atoms with van der Waals surface area (Å²) in [5.74, 6) is 0.435. The predicted octanol–water partition coefficient (Wildman–Crippen LogP) is 4.92. The molecule has 1 atom stereocenters. The van der Waals surface area contributed by atoms with Crippen molar-refractivity contribution in [2.45, 2.75) is 37.3 Å². The van der Waals surface area contributed by atoms with Gasteiger partial charge in [0.05, 0.1) is 11.3 Å². The third-order valence-electron chi connectivity index (χ3n) is 3.54. The number of allylic oxidation sites excluding steroid dienone is 2. The molecule has 0 fully saturated rings. The van der Waals surface area contributed by atoms with Gasteiger partial charge in [-0.2, -0.15) is 13.2 Å². The molecule has 0 amide bonds. The summed E-state index contributed by atoms with van der Waals surface area (Å²) >= 11 is 1.15. The monoisotopic (exact) mass is 330 g/mol. The summed E-state index contributed by atoms with van der Waals surface area (Å²) in [6, 6.07) is 4.31. The van der Waals surface area contributed by atoms with Gasteiger partial charge in [-0.25, -0.2) is 0 Å². The third-order valence-corrected chi connectivity index (χ3v) is 4.65. The Morgan fingerprint density at radius 3 is 2.68 bits per heavy atom. The topological polar surface area (TPSA) is 37.3 Å². The summed E-state index contributed by atoms with van der Waals surface area (Å²) in [5.41, 5.74) is -0.0374. The van der Waals surface area contributed by atoms with E-state index in [4.69, 9.17) is 0 Å². The Hall–Kier alpha value is -1.43. The van der Waals surface area contributed by atoms with E-state index >= 15 is 0 Å². The third kappa shape index (κ3) is 4.53. The normalized spacial score (nSPS) is 19.2. The zero-order chi connectivity index (χ0) is 16.3. The van der Waals surface area contributed by atoms with Gasteiger partial charge in [0, 0.05) is 23.8 Å². The Morgan fingerprint density at radius 1 is 1.32 bits per heavy atom. The van der Waals surface area contributed by atoms with E-state index in [0.717, 1.165) is 17.8 Å². The SMILES string of the molecule is Cc1ccc(SCCC2CC(=O)C=C(O)C2)c(C(F)(F)F)c1. The molecular weight excluding hydrogens is 313 g/mol. The molecule has 1 aromatic rings. The van der Waals surface area contributed by atoms with Crippen molar-refractivity contribution in [2.24, 2.45) is 5.92 Å². The molecule has 1 aromatic carbocycles. The van der Waals surface area contributed by atoms with Crippen LogP contribution >= 0.6 is 11.8 Å². The van der Waals surface area contributed by atoms with Crippen molar-refractivity contribution < 1.29 is 23.1 Å². The smallest absolute Gasteiger partial charge is 0.417 e. The van der Waals surface area contributed by atoms with E-state index in [1.54, 1.807) is 13.0 Å². The Balaban J connectivity index is 1.98. The maximum absolute atomic E-state index is 13.0. The number of halogens is 3. The Labute approximate surface area is 131 Å². The largest absolute Gasteiger partial charge is 0.512 e. The average molecular weight is 330 g/mol. The average Bonchev–Trinajstić information content (AvgIpc) is 2.38. The maximum atomic E-state index is 13.0. The molecule has 2 nitrogen and oxygen atoms in total. The molecule has 1 N–H and O–H groups in total. The molecule has 2 rings (SSSR count). The second kappa shape index (κ2) is 6.77. The molecule has 0 aliphatic heterocycles. The van der Waals surface area contributed by atoms with Gasteiger partial charge in [-0.15, -0.1) is 11.8 Å². The molecule has 0 spiro atoms. The van der Waals surface area contributed by atoms with Crippen LogP contribution in [0.4, 0.5) is 13.2 Å². The molecule has 0 radical (unpaired) electrons. The van der Waals surface area contributed by atoms with Gasteiger partial charge in [0.15, 0.2) is 5.78 Å². The summed E-state index contributed by atoms with van der Waals surface area (Å²) in [7, 11) is 0. The molecule has 0 aromatic heterocycles. The van der Waals surface area contributed by atoms with Gasteiger partial charge >= 0.3 is 6.18 Å². The van der Waals surface area contributed by atoms with Crippen LogP contribution in [0, 0.1) is 12.8 Å². The Kier molecular flexibility index (Phi) is 5.21. The van der Waals surface area contributed by atoms with E-state index in [-0.39, 0.29) is 22.4 Å². The van der Waals surface area contributed by atoms with Crippen molar-refractivity contribution in [1.29, 1.82) is 0 Å². The second-order valence-corrected chi connectivity index (χ2v) is 6.65. The molecule has 0 saturated carbocycles. The fraction of sp³-hybridized carbons (Fsp3) is 0.438. The van der Waals surface area contributed by atoms with Gasteiger partial charge in [0.25, 0.3) is 0 Å². The van der Waals surface area contributed by atoms with Crippen molar-refractivity contribution in [3.63, 3.8) is 0 Å². The van der Waals surface area contributed by atoms with Gasteiger partial charge in [-0.3, -0.25) is 4.79 Å². The quantitative estimate of drug-likeness (QED) is 0.797. The molecule has 1 unspecified atom stereocenters. The number of carbonyl (C=O) groups is 1. The molecule has 0 heterocycles. The highest BCUT2D eigenvalue weighted by Crippen LogP contribution is 2.38. The highest BCUT2D eigenvalue weighted by atomic mass is 32.2. The molecule has 1 aliphatic rings. The van der Waals surface area contributed by atoms with Gasteiger partial charge in [0.1, 0.15) is 0 Å². The van der Waals surface area contributed by atoms with Crippen LogP contribution in [-0.4, -0.2) is 16.6 Å². The molecule has 22 heavy (non-hydrogen) atoms. The van der Waals surface area contributed by atoms with E-state index in [1.165, 1.54) is 12.1 Å². The van der Waals surface area contributed by atoms with Crippen LogP contribution in [0.15, 0.2) is 34.9 Å². The first-order valence-electron chi connectivity index (χ1n) is 6.98. The number of aliphatic hydroxyl groups is 1. The van der Waals surface area contributed by atoms with Crippen LogP contribution < -0.4 is 0 Å². The van der Waals surface area contributed by atoms with Crippen molar-refractivity contribution in [3.8, 4) is 0 Å². The van der Waals surface area contributed by atoms with Crippen LogP contribution in [0.2, 0.25) is 0 Å². The fourth-order valence-electron chi connectivity index (χ4n) is 2.49. The zero-order valence-electron chi connectivity index (χ0n) is 12.1. The maximum Gasteiger partial charge on any atom is 0.417 e. The van der Waals surface area contributed by atoms with Crippen LogP contribution in [0.1, 0.15) is 30.4 Å². The molecule has 120 valence electrons. The van der Waals surface area contributed by atoms with Gasteiger partial charge in [-0.05, 0) is 37.1 Å². The highest BCUT2D eigenvalue weighted by Gasteiger charge is 2.33. The van der Waals surface area contributed by atoms with Gasteiger partial charge < -0.3 is 5.11 Å². The Bertz CT molecular complexity index is 594. The molecule has 1 aliphatic carbocycles. The van der Waals surface area contributed by atoms with Crippen LogP contribution in [0.5, 0.6) is 0 Å². The molecule has 0 bridgehead atoms. The summed E-state index contributed by atoms with van der Waals surface area (Å²) in [5, 5.41) is 9.43. The van der Waals surface area contributed by atoms with Crippen LogP contribution in [0.3, 0.4) is 0 Å². The number of rotatable bonds is 4. The van der Waals surface area contributed by atoms with E-state index in [2.05, 4.69) is 0 Å². The number of thioether (sulfide) groups is 1. The minimum atomic E-state index is -4.36. The van der Waals surface area contributed by atoms with E-state index in [1.807, 2.05) is 0 Å². The van der Waals surface area contributed by atoms with Crippen molar-refractivity contribution in [2.75, 3.05) is 5.75 Å². The number of ketones is 1. The summed E-state index contributed by atoms with van der Waals surface area (Å²) in [6.07, 6.45) is -1.77. The highest BCUT2D eigenvalue weighted by molar-refractivity contribution is 7.99. The number of aryl methyl sites for hydroxylation is 1. The predicted molar refractivity (Wildman–Crippen MR) is 80.0 cm³/mol. The summed E-state index contributed by atoms with van der Waals surface area (Å²) < 4.78 is 39.0. The minimum absolute atomic E-state index is 0.00443. The molecule has 6 heteroatoms. The number of alkyl halides is 3. The lowest BCUT2D eigenvalue weighted by atomic mass is 9.90. The van der Waals surface area contributed by atoms with E-state index < -0.39 is 11.7 Å². The van der Waals surface area contributed by atoms with Gasteiger partial charge in [0.2, 0.25) is 0 Å². The summed E-state index contributed by atoms with van der Waals surface area (Å²) in [6.45, 7) is 1.63. The first-order valence-corrected chi connectivity index (χ1v) is 7.97. The molecule has 0 saturated heterocycles. The van der Waals surface area contributed by atoms with Crippen molar-refractivity contribution >= 4 is 17.5 Å². The number of carbonyl (C=O) groups excluding carboxylic acids is 1. The number of hydrogen-bond donors (Lipinski definition) is 1. The summed E-state index contributed by atoms with van der Waals surface area (Å²) in [4.78, 5) is 11.6. The van der Waals surface area contributed by atoms with Crippen LogP contribution in [0.25, 0.3) is 0 Å². The Morgan fingerprint density at radius 2 is 2.05 bits per heavy atom. The number of aliphatic hydroxyl groups excluding tert-OH is 1. The standard InChI is InChI=1S/C16H17F3O2S/c1-10-2-3-15(14(6-10)16(17,18)19)22-5-4-11-7-12(20)9-13(21)8-11/h2-3,6,9,11,20H,4-5,7-8H2,1H3. The number of hydrogen-bond acceptors (Lipinski definition) is 3. The first kappa shape index (κ1) is 16.9. The fourth-order valence-corrected chi connectivity index (χ4v) is 3.65. The van der Waals surface area contributed by atoms with Crippen molar-refractivity contribution in [3.05, 3.63) is 41.2 Å². The first-order chi connectivity index (χ1) is 10.3. The lowest BCUT2D eigenvalue weighted by Crippen LogP contribution is -2.15. The second-order valence-electron chi connectivity index (χ2n) is 5.51. The lowest BCUT2D eigenvalue weighted by molar-refractivity contribution is -0.139. The molecular formula is C16H17F3O2S.